The Morgan fingerprint density at radius 1 is 0.788 bits per heavy atom. The van der Waals surface area contributed by atoms with Gasteiger partial charge in [0.05, 0.1) is 6.54 Å². The highest BCUT2D eigenvalue weighted by molar-refractivity contribution is 5.93. The van der Waals surface area contributed by atoms with Crippen LogP contribution in [-0.2, 0) is 22.6 Å². The van der Waals surface area contributed by atoms with Crippen molar-refractivity contribution < 1.29 is 9.59 Å². The molecule has 0 atom stereocenters. The highest BCUT2D eigenvalue weighted by atomic mass is 16.2. The molecular weight excluding hydrogens is 410 g/mol. The molecule has 2 amide bonds. The average Bonchev–Trinajstić information content (AvgIpc) is 2.85. The molecular formula is C28H31N3O2. The van der Waals surface area contributed by atoms with Crippen LogP contribution in [-0.4, -0.2) is 36.3 Å². The van der Waals surface area contributed by atoms with Crippen LogP contribution in [0.4, 0.5) is 5.69 Å². The molecule has 0 radical (unpaired) electrons. The molecule has 0 spiro atoms. The van der Waals surface area contributed by atoms with Gasteiger partial charge < -0.3 is 10.6 Å². The summed E-state index contributed by atoms with van der Waals surface area (Å²) in [6.07, 6.45) is 2.33. The van der Waals surface area contributed by atoms with Crippen LogP contribution < -0.4 is 10.6 Å². The topological polar surface area (TPSA) is 61.4 Å². The van der Waals surface area contributed by atoms with Crippen LogP contribution in [0.15, 0.2) is 84.9 Å². The third kappa shape index (κ3) is 6.77. The van der Waals surface area contributed by atoms with Crippen LogP contribution >= 0.6 is 0 Å². The van der Waals surface area contributed by atoms with Gasteiger partial charge in [-0.2, -0.15) is 0 Å². The molecule has 1 aliphatic rings. The lowest BCUT2D eigenvalue weighted by atomic mass is 9.96. The van der Waals surface area contributed by atoms with E-state index in [9.17, 15) is 9.59 Å². The van der Waals surface area contributed by atoms with Gasteiger partial charge in [0, 0.05) is 18.2 Å². The molecule has 1 saturated heterocycles. The first-order valence-electron chi connectivity index (χ1n) is 11.6. The lowest BCUT2D eigenvalue weighted by Crippen LogP contribution is -2.43. The summed E-state index contributed by atoms with van der Waals surface area (Å²) in [6, 6.07) is 28.2. The van der Waals surface area contributed by atoms with Crippen molar-refractivity contribution in [1.82, 2.24) is 10.2 Å². The van der Waals surface area contributed by atoms with Crippen LogP contribution in [0.2, 0.25) is 0 Å². The smallest absolute Gasteiger partial charge is 0.238 e. The van der Waals surface area contributed by atoms with E-state index in [2.05, 4.69) is 33.7 Å². The minimum atomic E-state index is -0.0116. The number of nitrogens with zero attached hydrogens (tertiary/aromatic N) is 1. The first-order chi connectivity index (χ1) is 16.2. The predicted octanol–water partition coefficient (Wildman–Crippen LogP) is 4.24. The monoisotopic (exact) mass is 441 g/mol. The van der Waals surface area contributed by atoms with E-state index in [1.54, 1.807) is 0 Å². The van der Waals surface area contributed by atoms with Crippen LogP contribution in [0, 0.1) is 5.92 Å². The van der Waals surface area contributed by atoms with Gasteiger partial charge in [0.1, 0.15) is 0 Å². The van der Waals surface area contributed by atoms with E-state index in [0.29, 0.717) is 13.1 Å². The lowest BCUT2D eigenvalue weighted by Gasteiger charge is -2.30. The molecule has 3 aromatic carbocycles. The maximum Gasteiger partial charge on any atom is 0.238 e. The second kappa shape index (κ2) is 11.4. The molecule has 4 rings (SSSR count). The van der Waals surface area contributed by atoms with E-state index in [1.165, 1.54) is 5.56 Å². The van der Waals surface area contributed by atoms with Gasteiger partial charge in [-0.3, -0.25) is 14.5 Å². The Balaban J connectivity index is 1.23. The molecule has 1 fully saturated rings. The van der Waals surface area contributed by atoms with Gasteiger partial charge in [0.15, 0.2) is 0 Å². The molecule has 0 saturated carbocycles. The van der Waals surface area contributed by atoms with E-state index in [0.717, 1.165) is 49.2 Å². The number of rotatable bonds is 8. The number of para-hydroxylation sites is 1. The fourth-order valence-electron chi connectivity index (χ4n) is 4.29. The highest BCUT2D eigenvalue weighted by Crippen LogP contribution is 2.20. The molecule has 0 aliphatic carbocycles. The molecule has 0 bridgehead atoms. The van der Waals surface area contributed by atoms with Gasteiger partial charge in [-0.1, -0.05) is 78.9 Å². The molecule has 1 aliphatic heterocycles. The minimum Gasteiger partial charge on any atom is -0.352 e. The number of hydrogen-bond donors (Lipinski definition) is 2. The van der Waals surface area contributed by atoms with Gasteiger partial charge in [0.2, 0.25) is 11.8 Å². The van der Waals surface area contributed by atoms with Crippen LogP contribution in [0.1, 0.15) is 29.5 Å². The minimum absolute atomic E-state index is 0.0116. The van der Waals surface area contributed by atoms with Crippen LogP contribution in [0.3, 0.4) is 0 Å². The van der Waals surface area contributed by atoms with Crippen molar-refractivity contribution in [2.45, 2.75) is 25.8 Å². The average molecular weight is 442 g/mol. The molecule has 33 heavy (non-hydrogen) atoms. The number of carbonyl (C=O) groups is 2. The van der Waals surface area contributed by atoms with Gasteiger partial charge in [-0.25, -0.2) is 0 Å². The van der Waals surface area contributed by atoms with Crippen molar-refractivity contribution in [1.29, 1.82) is 0 Å². The first kappa shape index (κ1) is 22.7. The van der Waals surface area contributed by atoms with E-state index in [1.807, 2.05) is 66.7 Å². The van der Waals surface area contributed by atoms with Gasteiger partial charge in [-0.15, -0.1) is 0 Å². The van der Waals surface area contributed by atoms with Crippen molar-refractivity contribution in [2.75, 3.05) is 25.0 Å². The number of amides is 2. The van der Waals surface area contributed by atoms with Crippen LogP contribution in [0.5, 0.6) is 0 Å². The van der Waals surface area contributed by atoms with Crippen molar-refractivity contribution in [3.05, 3.63) is 102 Å². The zero-order valence-corrected chi connectivity index (χ0v) is 18.9. The quantitative estimate of drug-likeness (QED) is 0.550. The van der Waals surface area contributed by atoms with Crippen LogP contribution in [0.25, 0.3) is 0 Å². The summed E-state index contributed by atoms with van der Waals surface area (Å²) >= 11 is 0. The molecule has 0 aromatic heterocycles. The molecule has 3 aromatic rings. The zero-order chi connectivity index (χ0) is 22.9. The number of benzene rings is 3. The Morgan fingerprint density at radius 3 is 2.09 bits per heavy atom. The lowest BCUT2D eigenvalue weighted by molar-refractivity contribution is -0.126. The third-order valence-electron chi connectivity index (χ3n) is 6.16. The molecule has 5 nitrogen and oxygen atoms in total. The Labute approximate surface area is 195 Å². The first-order valence-corrected chi connectivity index (χ1v) is 11.6. The molecule has 170 valence electrons. The Kier molecular flexibility index (Phi) is 7.88. The van der Waals surface area contributed by atoms with E-state index >= 15 is 0 Å². The van der Waals surface area contributed by atoms with Gasteiger partial charge >= 0.3 is 0 Å². The normalized spacial score (nSPS) is 14.5. The Bertz CT molecular complexity index is 1050. The number of piperidine rings is 1. The summed E-state index contributed by atoms with van der Waals surface area (Å²) in [5.41, 5.74) is 4.28. The number of anilines is 1. The summed E-state index contributed by atoms with van der Waals surface area (Å²) in [7, 11) is 0. The summed E-state index contributed by atoms with van der Waals surface area (Å²) < 4.78 is 0. The summed E-state index contributed by atoms with van der Waals surface area (Å²) in [5.74, 6) is 0.111. The third-order valence-corrected chi connectivity index (χ3v) is 6.16. The van der Waals surface area contributed by atoms with Crippen molar-refractivity contribution in [2.24, 2.45) is 5.92 Å². The Hall–Kier alpha value is -3.44. The second-order valence-electron chi connectivity index (χ2n) is 8.62. The number of nitrogens with one attached hydrogen (secondary N) is 2. The standard InChI is InChI=1S/C28H31N3O2/c32-27(30-26-14-8-7-13-25(26)19-22-9-3-1-4-10-22)21-31-17-15-24(16-18-31)28(33)29-20-23-11-5-2-6-12-23/h1-14,24H,15-21H2,(H,29,33)(H,30,32). The maximum atomic E-state index is 12.7. The SMILES string of the molecule is O=C(CN1CCC(C(=O)NCc2ccccc2)CC1)Nc1ccccc1Cc1ccccc1. The van der Waals surface area contributed by atoms with Gasteiger partial charge in [-0.05, 0) is 55.1 Å². The molecule has 0 unspecified atom stereocenters. The fraction of sp³-hybridized carbons (Fsp3) is 0.286. The summed E-state index contributed by atoms with van der Waals surface area (Å²) in [5, 5.41) is 6.14. The number of likely N-dealkylation sites (tertiary alicyclic amines) is 1. The summed E-state index contributed by atoms with van der Waals surface area (Å²) in [6.45, 7) is 2.41. The summed E-state index contributed by atoms with van der Waals surface area (Å²) in [4.78, 5) is 27.4. The van der Waals surface area contributed by atoms with Crippen molar-refractivity contribution in [3.8, 4) is 0 Å². The molecule has 5 heteroatoms. The van der Waals surface area contributed by atoms with Crippen molar-refractivity contribution >= 4 is 17.5 Å². The largest absolute Gasteiger partial charge is 0.352 e. The maximum absolute atomic E-state index is 12.7. The highest BCUT2D eigenvalue weighted by Gasteiger charge is 2.25. The number of hydrogen-bond acceptors (Lipinski definition) is 3. The van der Waals surface area contributed by atoms with E-state index < -0.39 is 0 Å². The van der Waals surface area contributed by atoms with E-state index in [-0.39, 0.29) is 17.7 Å². The molecule has 2 N–H and O–H groups in total. The zero-order valence-electron chi connectivity index (χ0n) is 18.9. The molecule has 1 heterocycles. The fourth-order valence-corrected chi connectivity index (χ4v) is 4.29. The van der Waals surface area contributed by atoms with Gasteiger partial charge in [0.25, 0.3) is 0 Å². The predicted molar refractivity (Wildman–Crippen MR) is 132 cm³/mol. The van der Waals surface area contributed by atoms with E-state index in [4.69, 9.17) is 0 Å². The second-order valence-corrected chi connectivity index (χ2v) is 8.62. The van der Waals surface area contributed by atoms with Crippen molar-refractivity contribution in [3.63, 3.8) is 0 Å². The Morgan fingerprint density at radius 2 is 1.39 bits per heavy atom. The number of carbonyl (C=O) groups excluding carboxylic acids is 2.